The number of carbonyl (C=O) groups is 2. The highest BCUT2D eigenvalue weighted by Crippen LogP contribution is 2.09. The third kappa shape index (κ3) is 6.40. The van der Waals surface area contributed by atoms with Gasteiger partial charge >= 0.3 is 6.03 Å². The molecule has 0 fully saturated rings. The number of nitrogens with two attached hydrogens (primary N) is 1. The minimum Gasteiger partial charge on any atom is -0.351 e. The fourth-order valence-corrected chi connectivity index (χ4v) is 1.57. The molecular weight excluding hydrogens is 206 g/mol. The third-order valence-corrected chi connectivity index (χ3v) is 2.63. The Bertz CT molecular complexity index is 243. The summed E-state index contributed by atoms with van der Waals surface area (Å²) < 4.78 is 0. The zero-order valence-electron chi connectivity index (χ0n) is 10.5. The molecule has 3 amide bonds. The first-order valence-electron chi connectivity index (χ1n) is 5.73. The van der Waals surface area contributed by atoms with E-state index in [1.165, 1.54) is 0 Å². The Labute approximate surface area is 97.2 Å². The topological polar surface area (TPSA) is 84.2 Å². The summed E-state index contributed by atoms with van der Waals surface area (Å²) in [5.74, 6) is 0.234. The van der Waals surface area contributed by atoms with Crippen molar-refractivity contribution in [2.75, 3.05) is 0 Å². The number of nitrogens with one attached hydrogen (secondary N) is 2. The highest BCUT2D eigenvalue weighted by molar-refractivity contribution is 5.96. The van der Waals surface area contributed by atoms with Crippen LogP contribution in [0.5, 0.6) is 0 Å². The second-order valence-electron chi connectivity index (χ2n) is 4.39. The molecule has 0 aromatic heterocycles. The van der Waals surface area contributed by atoms with Crippen LogP contribution in [0.25, 0.3) is 0 Å². The number of imide groups is 1. The maximum Gasteiger partial charge on any atom is 0.318 e. The third-order valence-electron chi connectivity index (χ3n) is 2.63. The van der Waals surface area contributed by atoms with Gasteiger partial charge in [0.25, 0.3) is 0 Å². The quantitative estimate of drug-likeness (QED) is 0.635. The Hall–Kier alpha value is -1.10. The van der Waals surface area contributed by atoms with Crippen molar-refractivity contribution in [3.05, 3.63) is 0 Å². The lowest BCUT2D eigenvalue weighted by molar-refractivity contribution is -0.121. The Balaban J connectivity index is 3.98. The van der Waals surface area contributed by atoms with E-state index in [9.17, 15) is 9.59 Å². The highest BCUT2D eigenvalue weighted by Gasteiger charge is 2.17. The van der Waals surface area contributed by atoms with Crippen LogP contribution in [0, 0.1) is 5.92 Å². The van der Waals surface area contributed by atoms with Crippen LogP contribution in [0.3, 0.4) is 0 Å². The lowest BCUT2D eigenvalue weighted by atomic mass is 10.00. The molecule has 94 valence electrons. The summed E-state index contributed by atoms with van der Waals surface area (Å²) in [6.45, 7) is 8.05. The summed E-state index contributed by atoms with van der Waals surface area (Å²) >= 11 is 0. The molecule has 0 radical (unpaired) electrons. The number of hydrogen-bond acceptors (Lipinski definition) is 3. The summed E-state index contributed by atoms with van der Waals surface area (Å²) in [7, 11) is 0. The molecule has 0 aromatic carbocycles. The predicted molar refractivity (Wildman–Crippen MR) is 63.9 cm³/mol. The average molecular weight is 229 g/mol. The molecule has 3 atom stereocenters. The van der Waals surface area contributed by atoms with E-state index in [0.29, 0.717) is 5.92 Å². The van der Waals surface area contributed by atoms with Crippen LogP contribution >= 0.6 is 0 Å². The Morgan fingerprint density at radius 2 is 1.81 bits per heavy atom. The smallest absolute Gasteiger partial charge is 0.318 e. The molecule has 5 nitrogen and oxygen atoms in total. The molecule has 3 unspecified atom stereocenters. The molecule has 0 bridgehead atoms. The summed E-state index contributed by atoms with van der Waals surface area (Å²) in [5.41, 5.74) is 4.87. The number of rotatable bonds is 6. The van der Waals surface area contributed by atoms with Gasteiger partial charge in [0.2, 0.25) is 5.91 Å². The van der Waals surface area contributed by atoms with E-state index in [1.54, 1.807) is 6.92 Å². The molecule has 0 aromatic rings. The predicted octanol–water partition coefficient (Wildman–Crippen LogP) is 0.984. The zero-order valence-corrected chi connectivity index (χ0v) is 10.5. The van der Waals surface area contributed by atoms with Gasteiger partial charge in [0, 0.05) is 6.04 Å². The lowest BCUT2D eigenvalue weighted by Gasteiger charge is -2.21. The summed E-state index contributed by atoms with van der Waals surface area (Å²) in [4.78, 5) is 21.9. The monoisotopic (exact) mass is 229 g/mol. The van der Waals surface area contributed by atoms with E-state index in [2.05, 4.69) is 24.5 Å². The maximum absolute atomic E-state index is 11.4. The van der Waals surface area contributed by atoms with Crippen LogP contribution in [0.2, 0.25) is 0 Å². The average Bonchev–Trinajstić information content (AvgIpc) is 2.16. The van der Waals surface area contributed by atoms with Crippen LogP contribution < -0.4 is 16.4 Å². The van der Waals surface area contributed by atoms with Crippen molar-refractivity contribution in [2.45, 2.75) is 52.6 Å². The first-order valence-corrected chi connectivity index (χ1v) is 5.73. The Kier molecular flexibility index (Phi) is 6.72. The van der Waals surface area contributed by atoms with E-state index < -0.39 is 12.1 Å². The summed E-state index contributed by atoms with van der Waals surface area (Å²) in [6.07, 6.45) is 2.12. The van der Waals surface area contributed by atoms with Crippen LogP contribution in [0.1, 0.15) is 40.5 Å². The fraction of sp³-hybridized carbons (Fsp3) is 0.818. The summed E-state index contributed by atoms with van der Waals surface area (Å²) in [6, 6.07) is -0.983. The molecule has 0 rings (SSSR count). The number of hydrogen-bond donors (Lipinski definition) is 3. The van der Waals surface area contributed by atoms with Crippen molar-refractivity contribution in [3.63, 3.8) is 0 Å². The fourth-order valence-electron chi connectivity index (χ4n) is 1.57. The van der Waals surface area contributed by atoms with E-state index in [4.69, 9.17) is 5.73 Å². The highest BCUT2D eigenvalue weighted by atomic mass is 16.2. The molecule has 0 heterocycles. The van der Waals surface area contributed by atoms with Crippen molar-refractivity contribution in [1.82, 2.24) is 10.6 Å². The van der Waals surface area contributed by atoms with E-state index >= 15 is 0 Å². The second-order valence-corrected chi connectivity index (χ2v) is 4.39. The molecule has 0 aliphatic carbocycles. The molecule has 0 saturated carbocycles. The SMILES string of the molecule is CCC(C)CC(C)NC(C)C(=O)NC(N)=O. The molecule has 0 saturated heterocycles. The minimum absolute atomic E-state index is 0.239. The minimum atomic E-state index is -0.812. The van der Waals surface area contributed by atoms with Crippen LogP contribution in [0.4, 0.5) is 4.79 Å². The van der Waals surface area contributed by atoms with Crippen molar-refractivity contribution in [2.24, 2.45) is 11.7 Å². The molecule has 0 aliphatic rings. The molecular formula is C11H23N3O2. The van der Waals surface area contributed by atoms with Gasteiger partial charge in [-0.3, -0.25) is 10.1 Å². The van der Waals surface area contributed by atoms with Gasteiger partial charge in [-0.2, -0.15) is 0 Å². The van der Waals surface area contributed by atoms with Crippen LogP contribution in [-0.4, -0.2) is 24.0 Å². The number of carbonyl (C=O) groups excluding carboxylic acids is 2. The van der Waals surface area contributed by atoms with Gasteiger partial charge in [-0.25, -0.2) is 4.79 Å². The second kappa shape index (κ2) is 7.22. The Morgan fingerprint density at radius 1 is 1.25 bits per heavy atom. The van der Waals surface area contributed by atoms with Crippen molar-refractivity contribution in [3.8, 4) is 0 Å². The maximum atomic E-state index is 11.4. The van der Waals surface area contributed by atoms with Crippen LogP contribution in [0.15, 0.2) is 0 Å². The van der Waals surface area contributed by atoms with Gasteiger partial charge in [-0.05, 0) is 26.2 Å². The van der Waals surface area contributed by atoms with Crippen molar-refractivity contribution < 1.29 is 9.59 Å². The first kappa shape index (κ1) is 14.9. The molecule has 16 heavy (non-hydrogen) atoms. The molecule has 5 heteroatoms. The number of amides is 3. The van der Waals surface area contributed by atoms with Crippen LogP contribution in [-0.2, 0) is 4.79 Å². The lowest BCUT2D eigenvalue weighted by Crippen LogP contribution is -2.49. The van der Waals surface area contributed by atoms with E-state index in [1.807, 2.05) is 6.92 Å². The van der Waals surface area contributed by atoms with E-state index in [-0.39, 0.29) is 11.9 Å². The standard InChI is InChI=1S/C11H23N3O2/c1-5-7(2)6-8(3)13-9(4)10(15)14-11(12)16/h7-9,13H,5-6H2,1-4H3,(H3,12,14,15,16). The molecule has 0 spiro atoms. The summed E-state index contributed by atoms with van der Waals surface area (Å²) in [5, 5.41) is 5.18. The Morgan fingerprint density at radius 3 is 2.25 bits per heavy atom. The van der Waals surface area contributed by atoms with E-state index in [0.717, 1.165) is 12.8 Å². The molecule has 0 aliphatic heterocycles. The number of primary amides is 1. The normalized spacial score (nSPS) is 16.2. The van der Waals surface area contributed by atoms with Gasteiger partial charge in [-0.1, -0.05) is 20.3 Å². The first-order chi connectivity index (χ1) is 7.36. The zero-order chi connectivity index (χ0) is 12.7. The van der Waals surface area contributed by atoms with Gasteiger partial charge in [0.1, 0.15) is 0 Å². The largest absolute Gasteiger partial charge is 0.351 e. The van der Waals surface area contributed by atoms with Gasteiger partial charge < -0.3 is 11.1 Å². The van der Waals surface area contributed by atoms with Crippen molar-refractivity contribution >= 4 is 11.9 Å². The van der Waals surface area contributed by atoms with Gasteiger partial charge in [-0.15, -0.1) is 0 Å². The van der Waals surface area contributed by atoms with Crippen molar-refractivity contribution in [1.29, 1.82) is 0 Å². The molecule has 4 N–H and O–H groups in total. The van der Waals surface area contributed by atoms with Gasteiger partial charge in [0.05, 0.1) is 6.04 Å². The number of urea groups is 1. The van der Waals surface area contributed by atoms with Gasteiger partial charge in [0.15, 0.2) is 0 Å².